The Labute approximate surface area is 130 Å². The van der Waals surface area contributed by atoms with E-state index in [4.69, 9.17) is 27.9 Å². The third-order valence-corrected chi connectivity index (χ3v) is 3.99. The zero-order chi connectivity index (χ0) is 15.0. The van der Waals surface area contributed by atoms with Crippen LogP contribution < -0.4 is 0 Å². The minimum absolute atomic E-state index is 0.254. The Balaban J connectivity index is 2.29. The number of esters is 1. The molecular formula is C15H10Cl2N2O2. The quantitative estimate of drug-likeness (QED) is 0.668. The van der Waals surface area contributed by atoms with Crippen LogP contribution in [0.2, 0.25) is 10.0 Å². The number of methoxy groups -OCH3 is 1. The molecule has 0 atom stereocenters. The number of ether oxygens (including phenoxy) is 1. The summed E-state index contributed by atoms with van der Waals surface area (Å²) < 4.78 is 6.57. The van der Waals surface area contributed by atoms with Crippen molar-refractivity contribution in [2.24, 2.45) is 0 Å². The second-order valence-electron chi connectivity index (χ2n) is 4.35. The number of benzene rings is 1. The number of halogens is 2. The molecule has 1 aromatic carbocycles. The molecule has 0 fully saturated rings. The summed E-state index contributed by atoms with van der Waals surface area (Å²) in [6.07, 6.45) is 3.41. The third kappa shape index (κ3) is 2.26. The van der Waals surface area contributed by atoms with E-state index in [0.29, 0.717) is 15.6 Å². The lowest BCUT2D eigenvalue weighted by molar-refractivity contribution is 0.0596. The Morgan fingerprint density at radius 3 is 2.81 bits per heavy atom. The van der Waals surface area contributed by atoms with Gasteiger partial charge in [-0.05, 0) is 18.2 Å². The third-order valence-electron chi connectivity index (χ3n) is 3.17. The van der Waals surface area contributed by atoms with Crippen molar-refractivity contribution < 1.29 is 9.53 Å². The monoisotopic (exact) mass is 320 g/mol. The van der Waals surface area contributed by atoms with Crippen molar-refractivity contribution in [3.05, 3.63) is 58.5 Å². The first-order chi connectivity index (χ1) is 10.1. The number of rotatable bonds is 2. The standard InChI is InChI=1S/C15H10Cl2N2O2/c1-21-15(20)14-11-6-3-7-19(11)12(8-18-14)9-4-2-5-10(16)13(9)17/h2-8H,1H3. The molecule has 3 aromatic rings. The molecule has 0 saturated carbocycles. The van der Waals surface area contributed by atoms with E-state index in [1.54, 1.807) is 18.3 Å². The number of carbonyl (C=O) groups excluding carboxylic acids is 1. The van der Waals surface area contributed by atoms with Crippen molar-refractivity contribution in [3.63, 3.8) is 0 Å². The van der Waals surface area contributed by atoms with Crippen LogP contribution in [0.3, 0.4) is 0 Å². The van der Waals surface area contributed by atoms with E-state index in [9.17, 15) is 4.79 Å². The average molecular weight is 321 g/mol. The van der Waals surface area contributed by atoms with Crippen molar-refractivity contribution in [1.82, 2.24) is 9.38 Å². The van der Waals surface area contributed by atoms with Crippen LogP contribution in [0.25, 0.3) is 16.8 Å². The SMILES string of the molecule is COC(=O)c1ncc(-c2cccc(Cl)c2Cl)n2cccc12. The number of aromatic nitrogens is 2. The summed E-state index contributed by atoms with van der Waals surface area (Å²) in [6, 6.07) is 9.00. The second kappa shape index (κ2) is 5.39. The Bertz CT molecular complexity index is 843. The van der Waals surface area contributed by atoms with Crippen molar-refractivity contribution in [2.75, 3.05) is 7.11 Å². The molecule has 0 N–H and O–H groups in total. The Morgan fingerprint density at radius 1 is 1.24 bits per heavy atom. The van der Waals surface area contributed by atoms with Crippen LogP contribution in [0.5, 0.6) is 0 Å². The van der Waals surface area contributed by atoms with E-state index in [0.717, 1.165) is 11.3 Å². The van der Waals surface area contributed by atoms with Gasteiger partial charge in [0.25, 0.3) is 0 Å². The number of carbonyl (C=O) groups is 1. The van der Waals surface area contributed by atoms with E-state index in [-0.39, 0.29) is 5.69 Å². The maximum atomic E-state index is 11.7. The highest BCUT2D eigenvalue weighted by Gasteiger charge is 2.17. The number of fused-ring (bicyclic) bond motifs is 1. The first-order valence-corrected chi connectivity index (χ1v) is 6.88. The summed E-state index contributed by atoms with van der Waals surface area (Å²) in [7, 11) is 1.32. The lowest BCUT2D eigenvalue weighted by Crippen LogP contribution is -2.07. The number of nitrogens with zero attached hydrogens (tertiary/aromatic N) is 2. The average Bonchev–Trinajstić information content (AvgIpc) is 2.98. The topological polar surface area (TPSA) is 43.6 Å². The van der Waals surface area contributed by atoms with Gasteiger partial charge in [-0.25, -0.2) is 9.78 Å². The molecule has 4 nitrogen and oxygen atoms in total. The summed E-state index contributed by atoms with van der Waals surface area (Å²) in [4.78, 5) is 15.9. The normalized spacial score (nSPS) is 10.8. The van der Waals surface area contributed by atoms with Crippen LogP contribution in [0.4, 0.5) is 0 Å². The molecule has 6 heteroatoms. The second-order valence-corrected chi connectivity index (χ2v) is 5.13. The van der Waals surface area contributed by atoms with Crippen LogP contribution in [0.15, 0.2) is 42.7 Å². The van der Waals surface area contributed by atoms with Crippen molar-refractivity contribution in [2.45, 2.75) is 0 Å². The first-order valence-electron chi connectivity index (χ1n) is 6.12. The van der Waals surface area contributed by atoms with Crippen LogP contribution in [-0.2, 0) is 4.74 Å². The van der Waals surface area contributed by atoms with Crippen LogP contribution >= 0.6 is 23.2 Å². The van der Waals surface area contributed by atoms with E-state index >= 15 is 0 Å². The molecule has 21 heavy (non-hydrogen) atoms. The Hall–Kier alpha value is -2.04. The zero-order valence-corrected chi connectivity index (χ0v) is 12.5. The van der Waals surface area contributed by atoms with Crippen molar-refractivity contribution in [1.29, 1.82) is 0 Å². The van der Waals surface area contributed by atoms with Gasteiger partial charge in [0.1, 0.15) is 0 Å². The van der Waals surface area contributed by atoms with Gasteiger partial charge in [0.2, 0.25) is 0 Å². The molecule has 0 amide bonds. The van der Waals surface area contributed by atoms with Crippen LogP contribution in [-0.4, -0.2) is 22.5 Å². The highest BCUT2D eigenvalue weighted by Crippen LogP contribution is 2.33. The molecule has 0 aliphatic carbocycles. The molecular weight excluding hydrogens is 311 g/mol. The molecule has 0 radical (unpaired) electrons. The lowest BCUT2D eigenvalue weighted by Gasteiger charge is -2.10. The minimum Gasteiger partial charge on any atom is -0.464 e. The fourth-order valence-electron chi connectivity index (χ4n) is 2.19. The molecule has 0 aliphatic heterocycles. The van der Waals surface area contributed by atoms with E-state index in [1.807, 2.05) is 28.8 Å². The highest BCUT2D eigenvalue weighted by atomic mass is 35.5. The smallest absolute Gasteiger partial charge is 0.358 e. The summed E-state index contributed by atoms with van der Waals surface area (Å²) in [5, 5.41) is 0.910. The molecule has 3 rings (SSSR count). The van der Waals surface area contributed by atoms with Gasteiger partial charge >= 0.3 is 5.97 Å². The predicted molar refractivity (Wildman–Crippen MR) is 82.0 cm³/mol. The van der Waals surface area contributed by atoms with Crippen LogP contribution in [0.1, 0.15) is 10.5 Å². The van der Waals surface area contributed by atoms with E-state index < -0.39 is 5.97 Å². The zero-order valence-electron chi connectivity index (χ0n) is 11.0. The maximum Gasteiger partial charge on any atom is 0.358 e. The molecule has 0 spiro atoms. The van der Waals surface area contributed by atoms with Gasteiger partial charge in [-0.15, -0.1) is 0 Å². The highest BCUT2D eigenvalue weighted by molar-refractivity contribution is 6.43. The fraction of sp³-hybridized carbons (Fsp3) is 0.0667. The summed E-state index contributed by atoms with van der Waals surface area (Å²) >= 11 is 12.3. The predicted octanol–water partition coefficient (Wildman–Crippen LogP) is 4.09. The lowest BCUT2D eigenvalue weighted by atomic mass is 10.1. The molecule has 2 heterocycles. The maximum absolute atomic E-state index is 11.7. The van der Waals surface area contributed by atoms with Gasteiger partial charge in [0.15, 0.2) is 5.69 Å². The van der Waals surface area contributed by atoms with E-state index in [1.165, 1.54) is 7.11 Å². The number of hydrogen-bond acceptors (Lipinski definition) is 3. The summed E-state index contributed by atoms with van der Waals surface area (Å²) in [5.74, 6) is -0.484. The summed E-state index contributed by atoms with van der Waals surface area (Å²) in [5.41, 5.74) is 2.39. The minimum atomic E-state index is -0.484. The number of hydrogen-bond donors (Lipinski definition) is 0. The van der Waals surface area contributed by atoms with Gasteiger partial charge < -0.3 is 9.14 Å². The van der Waals surface area contributed by atoms with E-state index in [2.05, 4.69) is 4.98 Å². The Kier molecular flexibility index (Phi) is 3.57. The molecule has 2 aromatic heterocycles. The molecule has 0 unspecified atom stereocenters. The summed E-state index contributed by atoms with van der Waals surface area (Å²) in [6.45, 7) is 0. The fourth-order valence-corrected chi connectivity index (χ4v) is 2.59. The van der Waals surface area contributed by atoms with Gasteiger partial charge in [0, 0.05) is 11.8 Å². The molecule has 106 valence electrons. The van der Waals surface area contributed by atoms with Gasteiger partial charge in [-0.3, -0.25) is 0 Å². The van der Waals surface area contributed by atoms with Crippen molar-refractivity contribution in [3.8, 4) is 11.3 Å². The molecule has 0 saturated heterocycles. The van der Waals surface area contributed by atoms with Crippen LogP contribution in [0, 0.1) is 0 Å². The molecule has 0 bridgehead atoms. The molecule has 0 aliphatic rings. The van der Waals surface area contributed by atoms with Gasteiger partial charge in [-0.1, -0.05) is 35.3 Å². The van der Waals surface area contributed by atoms with Crippen molar-refractivity contribution >= 4 is 34.7 Å². The van der Waals surface area contributed by atoms with Gasteiger partial charge in [0.05, 0.1) is 34.6 Å². The largest absolute Gasteiger partial charge is 0.464 e. The first kappa shape index (κ1) is 13.9. The Morgan fingerprint density at radius 2 is 2.05 bits per heavy atom. The van der Waals surface area contributed by atoms with Gasteiger partial charge in [-0.2, -0.15) is 0 Å².